The Morgan fingerprint density at radius 3 is 2.17 bits per heavy atom. The molecule has 0 aliphatic carbocycles. The number of hydrogen-bond acceptors (Lipinski definition) is 5. The molecular formula is C12H13ClF3N3O4S. The molecule has 1 aliphatic heterocycles. The molecular weight excluding hydrogens is 375 g/mol. The van der Waals surface area contributed by atoms with Crippen LogP contribution in [0.2, 0.25) is 5.02 Å². The minimum Gasteiger partial charge on any atom is -0.363 e. The van der Waals surface area contributed by atoms with Crippen LogP contribution < -0.4 is 4.90 Å². The van der Waals surface area contributed by atoms with Gasteiger partial charge < -0.3 is 4.90 Å². The first-order chi connectivity index (χ1) is 10.9. The highest BCUT2D eigenvalue weighted by Gasteiger charge is 2.37. The van der Waals surface area contributed by atoms with Crippen LogP contribution in [0, 0.1) is 10.1 Å². The number of nitrogens with zero attached hydrogens (tertiary/aromatic N) is 3. The average Bonchev–Trinajstić information content (AvgIpc) is 2.44. The van der Waals surface area contributed by atoms with Crippen LogP contribution in [0.4, 0.5) is 24.5 Å². The molecule has 0 radical (unpaired) electrons. The van der Waals surface area contributed by atoms with E-state index in [0.29, 0.717) is 6.07 Å². The Labute approximate surface area is 140 Å². The Hall–Kier alpha value is -1.59. The van der Waals surface area contributed by atoms with E-state index < -0.39 is 37.4 Å². The number of sulfonamides is 1. The average molecular weight is 388 g/mol. The van der Waals surface area contributed by atoms with Gasteiger partial charge in [0.05, 0.1) is 21.8 Å². The van der Waals surface area contributed by atoms with Gasteiger partial charge in [0, 0.05) is 32.2 Å². The third-order valence-electron chi connectivity index (χ3n) is 3.61. The Kier molecular flexibility index (Phi) is 4.98. The van der Waals surface area contributed by atoms with E-state index in [-0.39, 0.29) is 31.9 Å². The number of benzene rings is 1. The molecule has 0 spiro atoms. The number of nitro groups is 1. The Morgan fingerprint density at radius 2 is 1.75 bits per heavy atom. The molecule has 0 atom stereocenters. The van der Waals surface area contributed by atoms with Crippen LogP contribution in [0.1, 0.15) is 5.56 Å². The molecule has 7 nitrogen and oxygen atoms in total. The van der Waals surface area contributed by atoms with Gasteiger partial charge in [0.2, 0.25) is 10.0 Å². The maximum absolute atomic E-state index is 12.9. The quantitative estimate of drug-likeness (QED) is 0.587. The number of rotatable bonds is 3. The van der Waals surface area contributed by atoms with Crippen molar-refractivity contribution in [2.24, 2.45) is 0 Å². The van der Waals surface area contributed by atoms with Gasteiger partial charge in [-0.05, 0) is 6.07 Å². The molecule has 1 heterocycles. The first-order valence-corrected chi connectivity index (χ1v) is 8.89. The maximum atomic E-state index is 12.9. The highest BCUT2D eigenvalue weighted by Crippen LogP contribution is 2.41. The van der Waals surface area contributed by atoms with Crippen molar-refractivity contribution in [2.75, 3.05) is 37.3 Å². The highest BCUT2D eigenvalue weighted by atomic mass is 35.5. The summed E-state index contributed by atoms with van der Waals surface area (Å²) in [5.41, 5.74) is -2.07. The van der Waals surface area contributed by atoms with Crippen molar-refractivity contribution in [3.8, 4) is 0 Å². The van der Waals surface area contributed by atoms with E-state index in [1.54, 1.807) is 0 Å². The molecule has 2 rings (SSSR count). The van der Waals surface area contributed by atoms with Crippen LogP contribution in [0.3, 0.4) is 0 Å². The highest BCUT2D eigenvalue weighted by molar-refractivity contribution is 7.88. The van der Waals surface area contributed by atoms with Crippen molar-refractivity contribution in [1.29, 1.82) is 0 Å². The molecule has 0 amide bonds. The Bertz CT molecular complexity index is 762. The summed E-state index contributed by atoms with van der Waals surface area (Å²) >= 11 is 5.64. The van der Waals surface area contributed by atoms with Crippen LogP contribution in [0.15, 0.2) is 12.1 Å². The lowest BCUT2D eigenvalue weighted by Crippen LogP contribution is -2.48. The third-order valence-corrected chi connectivity index (χ3v) is 5.23. The van der Waals surface area contributed by atoms with E-state index in [1.165, 1.54) is 9.21 Å². The fourth-order valence-electron chi connectivity index (χ4n) is 2.43. The topological polar surface area (TPSA) is 83.8 Å². The second kappa shape index (κ2) is 6.37. The molecule has 0 N–H and O–H groups in total. The zero-order valence-electron chi connectivity index (χ0n) is 12.4. The molecule has 24 heavy (non-hydrogen) atoms. The summed E-state index contributed by atoms with van der Waals surface area (Å²) in [6, 6.07) is 1.30. The summed E-state index contributed by atoms with van der Waals surface area (Å²) in [6.45, 7) is 0.370. The van der Waals surface area contributed by atoms with Gasteiger partial charge in [-0.15, -0.1) is 0 Å². The lowest BCUT2D eigenvalue weighted by molar-refractivity contribution is -0.384. The maximum Gasteiger partial charge on any atom is 0.418 e. The van der Waals surface area contributed by atoms with Gasteiger partial charge in [-0.3, -0.25) is 10.1 Å². The van der Waals surface area contributed by atoms with Gasteiger partial charge in [-0.2, -0.15) is 17.5 Å². The van der Waals surface area contributed by atoms with E-state index in [4.69, 9.17) is 11.6 Å². The molecule has 1 aromatic rings. The minimum atomic E-state index is -4.81. The van der Waals surface area contributed by atoms with Crippen LogP contribution >= 0.6 is 11.6 Å². The first kappa shape index (κ1) is 18.7. The standard InChI is InChI=1S/C12H13ClF3N3O4S/c1-24(22,23)18-4-2-17(3-5-18)10-7-9(13)8(12(14,15)16)6-11(10)19(20)21/h6-7H,2-5H2,1H3. The number of alkyl halides is 3. The van der Waals surface area contributed by atoms with E-state index in [1.807, 2.05) is 0 Å². The molecule has 0 aromatic heterocycles. The minimum absolute atomic E-state index is 0.0637. The van der Waals surface area contributed by atoms with Gasteiger partial charge in [0.15, 0.2) is 0 Å². The fraction of sp³-hybridized carbons (Fsp3) is 0.500. The monoisotopic (exact) mass is 387 g/mol. The van der Waals surface area contributed by atoms with Crippen molar-refractivity contribution < 1.29 is 26.5 Å². The number of anilines is 1. The first-order valence-electron chi connectivity index (χ1n) is 6.66. The largest absolute Gasteiger partial charge is 0.418 e. The summed E-state index contributed by atoms with van der Waals surface area (Å²) < 4.78 is 62.7. The Morgan fingerprint density at radius 1 is 1.21 bits per heavy atom. The third kappa shape index (κ3) is 3.90. The lowest BCUT2D eigenvalue weighted by Gasteiger charge is -2.34. The zero-order chi connectivity index (χ0) is 18.3. The molecule has 12 heteroatoms. The number of nitro benzene ring substituents is 1. The van der Waals surface area contributed by atoms with Crippen molar-refractivity contribution in [3.63, 3.8) is 0 Å². The van der Waals surface area contributed by atoms with Crippen molar-refractivity contribution in [2.45, 2.75) is 6.18 Å². The summed E-state index contributed by atoms with van der Waals surface area (Å²) in [6.07, 6.45) is -3.77. The summed E-state index contributed by atoms with van der Waals surface area (Å²) in [5, 5.41) is 10.5. The van der Waals surface area contributed by atoms with Crippen molar-refractivity contribution >= 4 is 33.0 Å². The summed E-state index contributed by atoms with van der Waals surface area (Å²) in [5.74, 6) is 0. The number of piperazine rings is 1. The molecule has 1 saturated heterocycles. The van der Waals surface area contributed by atoms with E-state index in [9.17, 15) is 31.7 Å². The van der Waals surface area contributed by atoms with Gasteiger partial charge in [0.1, 0.15) is 5.69 Å². The predicted octanol–water partition coefficient (Wildman–Crippen LogP) is 2.35. The second-order valence-electron chi connectivity index (χ2n) is 5.22. The van der Waals surface area contributed by atoms with Crippen molar-refractivity contribution in [3.05, 3.63) is 32.8 Å². The second-order valence-corrected chi connectivity index (χ2v) is 7.61. The van der Waals surface area contributed by atoms with Gasteiger partial charge in [-0.25, -0.2) is 8.42 Å². The molecule has 1 aliphatic rings. The predicted molar refractivity (Wildman–Crippen MR) is 81.7 cm³/mol. The van der Waals surface area contributed by atoms with Crippen LogP contribution in [0.5, 0.6) is 0 Å². The SMILES string of the molecule is CS(=O)(=O)N1CCN(c2cc(Cl)c(C(F)(F)F)cc2[N+](=O)[O-])CC1. The van der Waals surface area contributed by atoms with Crippen LogP contribution in [0.25, 0.3) is 0 Å². The Balaban J connectivity index is 2.38. The molecule has 1 aromatic carbocycles. The molecule has 1 fully saturated rings. The smallest absolute Gasteiger partial charge is 0.363 e. The van der Waals surface area contributed by atoms with Gasteiger partial charge in [0.25, 0.3) is 5.69 Å². The van der Waals surface area contributed by atoms with Crippen molar-refractivity contribution in [1.82, 2.24) is 4.31 Å². The summed E-state index contributed by atoms with van der Waals surface area (Å²) in [4.78, 5) is 11.7. The molecule has 134 valence electrons. The number of halogens is 4. The molecule has 0 bridgehead atoms. The molecule has 0 saturated carbocycles. The van der Waals surface area contributed by atoms with E-state index in [2.05, 4.69) is 0 Å². The number of hydrogen-bond donors (Lipinski definition) is 0. The summed E-state index contributed by atoms with van der Waals surface area (Å²) in [7, 11) is -3.39. The normalized spacial score (nSPS) is 17.1. The van der Waals surface area contributed by atoms with Crippen LogP contribution in [-0.4, -0.2) is 50.1 Å². The van der Waals surface area contributed by atoms with Gasteiger partial charge in [-0.1, -0.05) is 11.6 Å². The van der Waals surface area contributed by atoms with Gasteiger partial charge >= 0.3 is 6.18 Å². The fourth-order valence-corrected chi connectivity index (χ4v) is 3.52. The van der Waals surface area contributed by atoms with Crippen LogP contribution in [-0.2, 0) is 16.2 Å². The van der Waals surface area contributed by atoms with E-state index >= 15 is 0 Å². The zero-order valence-corrected chi connectivity index (χ0v) is 14.0. The lowest BCUT2D eigenvalue weighted by atomic mass is 10.1. The molecule has 0 unspecified atom stereocenters. The van der Waals surface area contributed by atoms with E-state index in [0.717, 1.165) is 12.3 Å².